The van der Waals surface area contributed by atoms with Gasteiger partial charge in [-0.25, -0.2) is 4.98 Å². The van der Waals surface area contributed by atoms with E-state index in [9.17, 15) is 4.79 Å². The lowest BCUT2D eigenvalue weighted by atomic mass is 10.2. The second kappa shape index (κ2) is 4.92. The first-order valence-electron chi connectivity index (χ1n) is 4.86. The summed E-state index contributed by atoms with van der Waals surface area (Å²) in [6.45, 7) is 0.722. The minimum absolute atomic E-state index is 0.0982. The van der Waals surface area contributed by atoms with Gasteiger partial charge in [0.25, 0.3) is 0 Å². The van der Waals surface area contributed by atoms with Crippen LogP contribution in [0.5, 0.6) is 0 Å². The van der Waals surface area contributed by atoms with Crippen LogP contribution in [0, 0.1) is 12.3 Å². The van der Waals surface area contributed by atoms with Crippen molar-refractivity contribution >= 4 is 22.1 Å². The lowest BCUT2D eigenvalue weighted by Crippen LogP contribution is -2.24. The Morgan fingerprint density at radius 2 is 2.56 bits per heavy atom. The van der Waals surface area contributed by atoms with E-state index in [0.29, 0.717) is 19.5 Å². The molecule has 0 saturated heterocycles. The highest BCUT2D eigenvalue weighted by molar-refractivity contribution is 7.15. The summed E-state index contributed by atoms with van der Waals surface area (Å²) in [5.41, 5.74) is 0.805. The van der Waals surface area contributed by atoms with Crippen molar-refractivity contribution in [3.05, 3.63) is 23.5 Å². The molecule has 0 fully saturated rings. The van der Waals surface area contributed by atoms with Crippen molar-refractivity contribution in [2.45, 2.75) is 6.42 Å². The van der Waals surface area contributed by atoms with Gasteiger partial charge in [0, 0.05) is 17.8 Å². The average Bonchev–Trinajstić information content (AvgIpc) is 2.78. The molecule has 0 spiro atoms. The van der Waals surface area contributed by atoms with E-state index in [1.54, 1.807) is 11.3 Å². The number of Topliss-reactive ketones (excluding diaryl/α,β-unsaturated/α-hetero) is 1. The van der Waals surface area contributed by atoms with E-state index in [2.05, 4.69) is 16.2 Å². The first-order valence-corrected chi connectivity index (χ1v) is 5.74. The molecule has 2 aromatic rings. The third kappa shape index (κ3) is 2.48. The number of hydrogen-bond acceptors (Lipinski definition) is 4. The standard InChI is InChI=1S/C11H11N3OS/c1-2-3-12-7-10(15)6-9-8-14-4-5-16-11(14)13-9/h1,4-5,8,12H,3,6-7H2. The van der Waals surface area contributed by atoms with E-state index in [1.165, 1.54) is 0 Å². The van der Waals surface area contributed by atoms with Gasteiger partial charge >= 0.3 is 0 Å². The quantitative estimate of drug-likeness (QED) is 0.612. The maximum Gasteiger partial charge on any atom is 0.193 e. The molecule has 0 amide bonds. The highest BCUT2D eigenvalue weighted by Gasteiger charge is 2.07. The zero-order chi connectivity index (χ0) is 11.4. The summed E-state index contributed by atoms with van der Waals surface area (Å²) in [7, 11) is 0. The highest BCUT2D eigenvalue weighted by Crippen LogP contribution is 2.11. The molecule has 2 aromatic heterocycles. The molecule has 0 atom stereocenters. The fourth-order valence-electron chi connectivity index (χ4n) is 1.40. The highest BCUT2D eigenvalue weighted by atomic mass is 32.1. The molecular formula is C11H11N3OS. The van der Waals surface area contributed by atoms with Crippen LogP contribution in [0.25, 0.3) is 4.96 Å². The Hall–Kier alpha value is -1.64. The summed E-state index contributed by atoms with van der Waals surface area (Å²) < 4.78 is 1.92. The molecule has 82 valence electrons. The van der Waals surface area contributed by atoms with Gasteiger partial charge in [-0.3, -0.25) is 14.5 Å². The molecule has 16 heavy (non-hydrogen) atoms. The summed E-state index contributed by atoms with van der Waals surface area (Å²) in [4.78, 5) is 16.8. The molecule has 2 rings (SSSR count). The van der Waals surface area contributed by atoms with Gasteiger partial charge in [-0.05, 0) is 0 Å². The second-order valence-electron chi connectivity index (χ2n) is 3.35. The normalized spacial score (nSPS) is 10.4. The van der Waals surface area contributed by atoms with E-state index in [1.807, 2.05) is 22.2 Å². The number of hydrogen-bond donors (Lipinski definition) is 1. The lowest BCUT2D eigenvalue weighted by Gasteiger charge is -1.97. The Bertz CT molecular complexity index is 506. The third-order valence-electron chi connectivity index (χ3n) is 2.07. The van der Waals surface area contributed by atoms with Gasteiger partial charge in [0.1, 0.15) is 0 Å². The van der Waals surface area contributed by atoms with Gasteiger partial charge in [-0.1, -0.05) is 5.92 Å². The maximum absolute atomic E-state index is 11.5. The van der Waals surface area contributed by atoms with Crippen molar-refractivity contribution < 1.29 is 4.79 Å². The molecule has 0 aliphatic carbocycles. The number of aromatic nitrogens is 2. The average molecular weight is 233 g/mol. The van der Waals surface area contributed by atoms with Crippen molar-refractivity contribution in [1.82, 2.24) is 14.7 Å². The maximum atomic E-state index is 11.5. The molecule has 0 aliphatic heterocycles. The number of rotatable bonds is 5. The number of nitrogens with one attached hydrogen (secondary N) is 1. The Balaban J connectivity index is 1.92. The molecule has 0 aromatic carbocycles. The SMILES string of the molecule is C#CCNCC(=O)Cc1cn2ccsc2n1. The fourth-order valence-corrected chi connectivity index (χ4v) is 2.12. The van der Waals surface area contributed by atoms with Crippen LogP contribution in [-0.2, 0) is 11.2 Å². The Kier molecular flexibility index (Phi) is 3.34. The molecule has 0 aliphatic rings. The van der Waals surface area contributed by atoms with Crippen LogP contribution in [0.2, 0.25) is 0 Å². The van der Waals surface area contributed by atoms with Crippen molar-refractivity contribution in [3.63, 3.8) is 0 Å². The van der Waals surface area contributed by atoms with Gasteiger partial charge in [-0.2, -0.15) is 0 Å². The Morgan fingerprint density at radius 1 is 1.69 bits per heavy atom. The van der Waals surface area contributed by atoms with Gasteiger partial charge in [-0.15, -0.1) is 17.8 Å². The van der Waals surface area contributed by atoms with Crippen LogP contribution in [0.1, 0.15) is 5.69 Å². The molecular weight excluding hydrogens is 222 g/mol. The van der Waals surface area contributed by atoms with Gasteiger partial charge < -0.3 is 0 Å². The zero-order valence-corrected chi connectivity index (χ0v) is 9.46. The molecule has 0 radical (unpaired) electrons. The second-order valence-corrected chi connectivity index (χ2v) is 4.22. The van der Waals surface area contributed by atoms with Gasteiger partial charge in [0.2, 0.25) is 0 Å². The van der Waals surface area contributed by atoms with Crippen molar-refractivity contribution in [3.8, 4) is 12.3 Å². The predicted molar refractivity (Wildman–Crippen MR) is 63.5 cm³/mol. The molecule has 1 N–H and O–H groups in total. The van der Waals surface area contributed by atoms with Crippen LogP contribution in [0.4, 0.5) is 0 Å². The molecule has 4 nitrogen and oxygen atoms in total. The zero-order valence-electron chi connectivity index (χ0n) is 8.64. The smallest absolute Gasteiger partial charge is 0.193 e. The lowest BCUT2D eigenvalue weighted by molar-refractivity contribution is -0.117. The van der Waals surface area contributed by atoms with Crippen LogP contribution >= 0.6 is 11.3 Å². The first-order chi connectivity index (χ1) is 7.79. The number of carbonyl (C=O) groups excluding carboxylic acids is 1. The molecule has 0 bridgehead atoms. The summed E-state index contributed by atoms with van der Waals surface area (Å²) in [5, 5.41) is 4.83. The minimum atomic E-state index is 0.0982. The summed E-state index contributed by atoms with van der Waals surface area (Å²) in [6.07, 6.45) is 9.23. The number of thiazole rings is 1. The van der Waals surface area contributed by atoms with Crippen LogP contribution in [-0.4, -0.2) is 28.3 Å². The molecule has 0 saturated carbocycles. The summed E-state index contributed by atoms with van der Waals surface area (Å²) in [5.74, 6) is 2.52. The topological polar surface area (TPSA) is 46.4 Å². The van der Waals surface area contributed by atoms with E-state index in [4.69, 9.17) is 6.42 Å². The molecule has 5 heteroatoms. The van der Waals surface area contributed by atoms with Crippen LogP contribution in [0.15, 0.2) is 17.8 Å². The Labute approximate surface area is 97.3 Å². The first kappa shape index (κ1) is 10.9. The van der Waals surface area contributed by atoms with Gasteiger partial charge in [0.05, 0.1) is 25.2 Å². The van der Waals surface area contributed by atoms with E-state index in [-0.39, 0.29) is 5.78 Å². The van der Waals surface area contributed by atoms with Crippen molar-refractivity contribution in [1.29, 1.82) is 0 Å². The fraction of sp³-hybridized carbons (Fsp3) is 0.273. The van der Waals surface area contributed by atoms with E-state index >= 15 is 0 Å². The summed E-state index contributed by atoms with van der Waals surface area (Å²) in [6, 6.07) is 0. The number of fused-ring (bicyclic) bond motifs is 1. The molecule has 0 unspecified atom stereocenters. The number of imidazole rings is 1. The monoisotopic (exact) mass is 233 g/mol. The number of ketones is 1. The van der Waals surface area contributed by atoms with Crippen LogP contribution in [0.3, 0.4) is 0 Å². The summed E-state index contributed by atoms with van der Waals surface area (Å²) >= 11 is 1.56. The number of nitrogens with zero attached hydrogens (tertiary/aromatic N) is 2. The van der Waals surface area contributed by atoms with Crippen molar-refractivity contribution in [2.75, 3.05) is 13.1 Å². The van der Waals surface area contributed by atoms with Gasteiger partial charge in [0.15, 0.2) is 10.7 Å². The van der Waals surface area contributed by atoms with Crippen molar-refractivity contribution in [2.24, 2.45) is 0 Å². The molecule has 2 heterocycles. The third-order valence-corrected chi connectivity index (χ3v) is 2.84. The minimum Gasteiger partial charge on any atom is -0.299 e. The largest absolute Gasteiger partial charge is 0.299 e. The van der Waals surface area contributed by atoms with E-state index in [0.717, 1.165) is 10.7 Å². The number of carbonyl (C=O) groups is 1. The van der Waals surface area contributed by atoms with E-state index < -0.39 is 0 Å². The Morgan fingerprint density at radius 3 is 3.31 bits per heavy atom. The van der Waals surface area contributed by atoms with Crippen LogP contribution < -0.4 is 5.32 Å². The number of terminal acetylenes is 1. The predicted octanol–water partition coefficient (Wildman–Crippen LogP) is 0.730.